The number of thiophene rings is 1. The molecule has 0 spiro atoms. The molecule has 1 amide bonds. The second kappa shape index (κ2) is 6.57. The van der Waals surface area contributed by atoms with Crippen molar-refractivity contribution in [2.45, 2.75) is 27.3 Å². The smallest absolute Gasteiger partial charge is 0.262 e. The number of amides is 1. The Morgan fingerprint density at radius 1 is 1.29 bits per heavy atom. The van der Waals surface area contributed by atoms with Crippen LogP contribution in [-0.4, -0.2) is 22.0 Å². The Balaban J connectivity index is 1.91. The lowest BCUT2D eigenvalue weighted by Gasteiger charge is -2.21. The van der Waals surface area contributed by atoms with E-state index in [1.165, 1.54) is 22.2 Å². The maximum absolute atomic E-state index is 12.7. The first-order valence-corrected chi connectivity index (χ1v) is 8.64. The fourth-order valence-electron chi connectivity index (χ4n) is 2.72. The van der Waals surface area contributed by atoms with E-state index in [9.17, 15) is 9.59 Å². The van der Waals surface area contributed by atoms with E-state index in [0.717, 1.165) is 16.1 Å². The van der Waals surface area contributed by atoms with E-state index in [1.807, 2.05) is 51.1 Å². The van der Waals surface area contributed by atoms with Crippen LogP contribution in [0.1, 0.15) is 17.4 Å². The molecule has 124 valence electrons. The molecule has 0 bridgehead atoms. The van der Waals surface area contributed by atoms with Crippen LogP contribution >= 0.6 is 11.3 Å². The molecule has 0 saturated carbocycles. The van der Waals surface area contributed by atoms with E-state index in [-0.39, 0.29) is 18.0 Å². The summed E-state index contributed by atoms with van der Waals surface area (Å²) < 4.78 is 1.38. The average Bonchev–Trinajstić information content (AvgIpc) is 2.92. The first-order valence-electron chi connectivity index (χ1n) is 7.82. The number of carbonyl (C=O) groups excluding carboxylic acids is 1. The normalized spacial score (nSPS) is 11.0. The predicted molar refractivity (Wildman–Crippen MR) is 97.8 cm³/mol. The second-order valence-corrected chi connectivity index (χ2v) is 6.97. The van der Waals surface area contributed by atoms with Crippen molar-refractivity contribution < 1.29 is 4.79 Å². The van der Waals surface area contributed by atoms with Gasteiger partial charge in [0.15, 0.2) is 0 Å². The zero-order chi connectivity index (χ0) is 17.3. The molecule has 3 rings (SSSR count). The predicted octanol–water partition coefficient (Wildman–Crippen LogP) is 3.13. The summed E-state index contributed by atoms with van der Waals surface area (Å²) in [5, 5.41) is 0.575. The van der Waals surface area contributed by atoms with Gasteiger partial charge in [0.05, 0.1) is 11.7 Å². The van der Waals surface area contributed by atoms with Crippen molar-refractivity contribution in [2.24, 2.45) is 0 Å². The highest BCUT2D eigenvalue weighted by Gasteiger charge is 2.16. The molecule has 0 aliphatic carbocycles. The van der Waals surface area contributed by atoms with Gasteiger partial charge in [-0.3, -0.25) is 14.2 Å². The van der Waals surface area contributed by atoms with Gasteiger partial charge in [0, 0.05) is 17.1 Å². The lowest BCUT2D eigenvalue weighted by atomic mass is 10.2. The molecule has 0 atom stereocenters. The van der Waals surface area contributed by atoms with E-state index in [1.54, 1.807) is 4.90 Å². The lowest BCUT2D eigenvalue weighted by Crippen LogP contribution is -2.36. The third-order valence-electron chi connectivity index (χ3n) is 3.88. The van der Waals surface area contributed by atoms with Gasteiger partial charge in [-0.2, -0.15) is 0 Å². The number of carbonyl (C=O) groups is 1. The largest absolute Gasteiger partial charge is 0.311 e. The van der Waals surface area contributed by atoms with Gasteiger partial charge < -0.3 is 4.90 Å². The van der Waals surface area contributed by atoms with E-state index in [2.05, 4.69) is 4.98 Å². The molecule has 0 saturated heterocycles. The fourth-order valence-corrected chi connectivity index (χ4v) is 3.56. The molecule has 0 aliphatic rings. The van der Waals surface area contributed by atoms with Gasteiger partial charge in [-0.1, -0.05) is 12.1 Å². The molecule has 0 unspecified atom stereocenters. The van der Waals surface area contributed by atoms with Gasteiger partial charge in [0.1, 0.15) is 11.4 Å². The number of nitrogens with zero attached hydrogens (tertiary/aromatic N) is 3. The summed E-state index contributed by atoms with van der Waals surface area (Å²) in [5.41, 5.74) is 1.77. The van der Waals surface area contributed by atoms with Crippen LogP contribution in [0.3, 0.4) is 0 Å². The van der Waals surface area contributed by atoms with Crippen LogP contribution in [0.15, 0.2) is 41.5 Å². The summed E-state index contributed by atoms with van der Waals surface area (Å²) in [7, 11) is 0. The van der Waals surface area contributed by atoms with Gasteiger partial charge in [-0.15, -0.1) is 11.3 Å². The van der Waals surface area contributed by atoms with Gasteiger partial charge in [0.25, 0.3) is 5.56 Å². The molecule has 5 nitrogen and oxygen atoms in total. The van der Waals surface area contributed by atoms with Gasteiger partial charge >= 0.3 is 0 Å². The number of anilines is 1. The molecule has 1 aromatic carbocycles. The molecule has 0 aliphatic heterocycles. The number of aryl methyl sites for hydroxylation is 2. The van der Waals surface area contributed by atoms with Gasteiger partial charge in [0.2, 0.25) is 5.91 Å². The molecule has 24 heavy (non-hydrogen) atoms. The monoisotopic (exact) mass is 341 g/mol. The topological polar surface area (TPSA) is 55.2 Å². The highest BCUT2D eigenvalue weighted by molar-refractivity contribution is 7.18. The van der Waals surface area contributed by atoms with Crippen LogP contribution in [0.2, 0.25) is 0 Å². The second-order valence-electron chi connectivity index (χ2n) is 5.73. The van der Waals surface area contributed by atoms with Crippen molar-refractivity contribution in [3.63, 3.8) is 0 Å². The van der Waals surface area contributed by atoms with Crippen molar-refractivity contribution in [3.05, 3.63) is 57.5 Å². The Kier molecular flexibility index (Phi) is 4.49. The summed E-state index contributed by atoms with van der Waals surface area (Å²) in [6.45, 7) is 6.39. The molecule has 6 heteroatoms. The molecule has 0 fully saturated rings. The molecular weight excluding hydrogens is 322 g/mol. The first kappa shape index (κ1) is 16.4. The fraction of sp³-hybridized carbons (Fsp3) is 0.278. The van der Waals surface area contributed by atoms with Crippen LogP contribution in [0, 0.1) is 13.8 Å². The van der Waals surface area contributed by atoms with E-state index in [0.29, 0.717) is 16.8 Å². The summed E-state index contributed by atoms with van der Waals surface area (Å²) in [5.74, 6) is -0.127. The van der Waals surface area contributed by atoms with Crippen LogP contribution in [0.25, 0.3) is 10.2 Å². The maximum atomic E-state index is 12.7. The van der Waals surface area contributed by atoms with Crippen LogP contribution in [0.4, 0.5) is 5.69 Å². The van der Waals surface area contributed by atoms with E-state index < -0.39 is 0 Å². The zero-order valence-electron chi connectivity index (χ0n) is 13.9. The summed E-state index contributed by atoms with van der Waals surface area (Å²) in [6, 6.07) is 9.61. The van der Waals surface area contributed by atoms with Crippen LogP contribution in [0.5, 0.6) is 0 Å². The highest BCUT2D eigenvalue weighted by atomic mass is 32.1. The van der Waals surface area contributed by atoms with Crippen molar-refractivity contribution in [1.29, 1.82) is 0 Å². The molecule has 0 radical (unpaired) electrons. The Labute approximate surface area is 144 Å². The first-order chi connectivity index (χ1) is 11.5. The molecule has 3 aromatic rings. The minimum Gasteiger partial charge on any atom is -0.311 e. The number of benzene rings is 1. The summed E-state index contributed by atoms with van der Waals surface area (Å²) in [4.78, 5) is 33.0. The van der Waals surface area contributed by atoms with Crippen molar-refractivity contribution in [3.8, 4) is 0 Å². The number of likely N-dealkylation sites (N-methyl/N-ethyl adjacent to an activating group) is 1. The number of rotatable bonds is 4. The average molecular weight is 341 g/mol. The van der Waals surface area contributed by atoms with E-state index in [4.69, 9.17) is 0 Å². The molecule has 0 N–H and O–H groups in total. The van der Waals surface area contributed by atoms with Crippen LogP contribution in [-0.2, 0) is 11.3 Å². The minimum atomic E-state index is -0.169. The van der Waals surface area contributed by atoms with Gasteiger partial charge in [-0.05, 0) is 44.5 Å². The SMILES string of the molecule is CCN(C(=O)Cn1cnc2sc(C)cc2c1=O)c1cccc(C)c1. The molecule has 2 heterocycles. The minimum absolute atomic E-state index is 0.0154. The third-order valence-corrected chi connectivity index (χ3v) is 4.84. The van der Waals surface area contributed by atoms with Crippen LogP contribution < -0.4 is 10.5 Å². The van der Waals surface area contributed by atoms with Crippen molar-refractivity contribution in [1.82, 2.24) is 9.55 Å². The zero-order valence-corrected chi connectivity index (χ0v) is 14.8. The Morgan fingerprint density at radius 2 is 2.08 bits per heavy atom. The Morgan fingerprint density at radius 3 is 2.79 bits per heavy atom. The number of hydrogen-bond donors (Lipinski definition) is 0. The Hall–Kier alpha value is -2.47. The van der Waals surface area contributed by atoms with Crippen molar-refractivity contribution >= 4 is 33.1 Å². The summed E-state index contributed by atoms with van der Waals surface area (Å²) >= 11 is 1.48. The highest BCUT2D eigenvalue weighted by Crippen LogP contribution is 2.20. The molecular formula is C18H19N3O2S. The standard InChI is InChI=1S/C18H19N3O2S/c1-4-21(14-7-5-6-12(2)8-14)16(22)10-20-11-19-17-15(18(20)23)9-13(3)24-17/h5-9,11H,4,10H2,1-3H3. The Bertz CT molecular complexity index is 958. The van der Waals surface area contributed by atoms with E-state index >= 15 is 0 Å². The van der Waals surface area contributed by atoms with Crippen molar-refractivity contribution in [2.75, 3.05) is 11.4 Å². The number of fused-ring (bicyclic) bond motifs is 1. The van der Waals surface area contributed by atoms with Gasteiger partial charge in [-0.25, -0.2) is 4.98 Å². The number of aromatic nitrogens is 2. The summed E-state index contributed by atoms with van der Waals surface area (Å²) in [6.07, 6.45) is 1.46. The quantitative estimate of drug-likeness (QED) is 0.732. The lowest BCUT2D eigenvalue weighted by molar-refractivity contribution is -0.119. The molecule has 2 aromatic heterocycles. The number of hydrogen-bond acceptors (Lipinski definition) is 4. The third kappa shape index (κ3) is 3.10. The maximum Gasteiger partial charge on any atom is 0.262 e.